The minimum atomic E-state index is -0.266. The monoisotopic (exact) mass is 338 g/mol. The number of carbonyl (C=O) groups is 1. The fourth-order valence-electron chi connectivity index (χ4n) is 3.36. The fraction of sp³-hybridized carbons (Fsp3) is 0.688. The molecule has 1 aliphatic heterocycles. The summed E-state index contributed by atoms with van der Waals surface area (Å²) in [5, 5.41) is 12.9. The zero-order valence-corrected chi connectivity index (χ0v) is 13.9. The molecule has 1 aromatic rings. The lowest BCUT2D eigenvalue weighted by molar-refractivity contribution is 0.0870. The summed E-state index contributed by atoms with van der Waals surface area (Å²) in [6, 6.07) is 0. The van der Waals surface area contributed by atoms with E-state index in [9.17, 15) is 9.90 Å². The third kappa shape index (κ3) is 4.12. The molecule has 1 aromatic heterocycles. The summed E-state index contributed by atoms with van der Waals surface area (Å²) in [4.78, 5) is 23.1. The van der Waals surface area contributed by atoms with Crippen molar-refractivity contribution < 1.29 is 9.90 Å². The van der Waals surface area contributed by atoms with Crippen LogP contribution in [0.1, 0.15) is 49.0 Å². The first-order chi connectivity index (χ1) is 11.1. The average molecular weight is 339 g/mol. The van der Waals surface area contributed by atoms with Gasteiger partial charge in [-0.3, -0.25) is 4.79 Å². The second kappa shape index (κ2) is 7.45. The Kier molecular flexibility index (Phi) is 5.33. The Morgan fingerprint density at radius 1 is 1.35 bits per heavy atom. The Labute approximate surface area is 141 Å². The summed E-state index contributed by atoms with van der Waals surface area (Å²) < 4.78 is 0. The second-order valence-corrected chi connectivity index (χ2v) is 6.86. The molecule has 2 heterocycles. The van der Waals surface area contributed by atoms with Crippen LogP contribution < -0.4 is 10.2 Å². The summed E-state index contributed by atoms with van der Waals surface area (Å²) in [6.07, 6.45) is 7.16. The molecule has 2 unspecified atom stereocenters. The van der Waals surface area contributed by atoms with Gasteiger partial charge in [0, 0.05) is 19.6 Å². The highest BCUT2D eigenvalue weighted by molar-refractivity contribution is 6.33. The molecule has 2 N–H and O–H groups in total. The third-order valence-electron chi connectivity index (χ3n) is 4.64. The first-order valence-electron chi connectivity index (χ1n) is 8.37. The van der Waals surface area contributed by atoms with E-state index in [1.165, 1.54) is 6.20 Å². The van der Waals surface area contributed by atoms with E-state index in [0.717, 1.165) is 51.6 Å². The predicted octanol–water partition coefficient (Wildman–Crippen LogP) is 2.01. The molecule has 0 aromatic carbocycles. The van der Waals surface area contributed by atoms with E-state index >= 15 is 0 Å². The van der Waals surface area contributed by atoms with Crippen LogP contribution in [-0.4, -0.2) is 46.7 Å². The lowest BCUT2D eigenvalue weighted by Gasteiger charge is -2.25. The highest BCUT2D eigenvalue weighted by Crippen LogP contribution is 2.24. The fourth-order valence-corrected chi connectivity index (χ4v) is 3.53. The van der Waals surface area contributed by atoms with Crippen LogP contribution >= 0.6 is 11.6 Å². The van der Waals surface area contributed by atoms with Crippen molar-refractivity contribution in [3.05, 3.63) is 16.9 Å². The molecule has 2 fully saturated rings. The van der Waals surface area contributed by atoms with Crippen molar-refractivity contribution in [3.8, 4) is 0 Å². The van der Waals surface area contributed by atoms with Gasteiger partial charge in [0.25, 0.3) is 5.91 Å². The Balaban J connectivity index is 1.62. The molecule has 23 heavy (non-hydrogen) atoms. The molecule has 0 spiro atoms. The Hall–Kier alpha value is -1.40. The van der Waals surface area contributed by atoms with Gasteiger partial charge in [0.05, 0.1) is 17.3 Å². The molecule has 0 radical (unpaired) electrons. The lowest BCUT2D eigenvalue weighted by Crippen LogP contribution is -2.34. The van der Waals surface area contributed by atoms with Gasteiger partial charge in [0.15, 0.2) is 5.69 Å². The van der Waals surface area contributed by atoms with Gasteiger partial charge in [0.1, 0.15) is 0 Å². The van der Waals surface area contributed by atoms with Crippen molar-refractivity contribution in [2.24, 2.45) is 5.92 Å². The number of hydrogen-bond acceptors (Lipinski definition) is 5. The molecule has 3 rings (SSSR count). The molecular weight excluding hydrogens is 316 g/mol. The van der Waals surface area contributed by atoms with Crippen molar-refractivity contribution in [3.63, 3.8) is 0 Å². The number of carbonyl (C=O) groups excluding carboxylic acids is 1. The third-order valence-corrected chi connectivity index (χ3v) is 4.92. The van der Waals surface area contributed by atoms with Gasteiger partial charge in [-0.2, -0.15) is 0 Å². The van der Waals surface area contributed by atoms with Crippen molar-refractivity contribution >= 4 is 23.5 Å². The van der Waals surface area contributed by atoms with Crippen LogP contribution in [0.4, 0.5) is 5.95 Å². The number of aromatic nitrogens is 2. The van der Waals surface area contributed by atoms with Crippen LogP contribution in [0.2, 0.25) is 5.02 Å². The van der Waals surface area contributed by atoms with Crippen molar-refractivity contribution in [2.45, 2.75) is 44.6 Å². The van der Waals surface area contributed by atoms with E-state index < -0.39 is 0 Å². The number of nitrogens with zero attached hydrogens (tertiary/aromatic N) is 3. The topological polar surface area (TPSA) is 78.3 Å². The maximum Gasteiger partial charge on any atom is 0.271 e. The van der Waals surface area contributed by atoms with Crippen molar-refractivity contribution in [2.75, 3.05) is 24.5 Å². The summed E-state index contributed by atoms with van der Waals surface area (Å²) in [5.41, 5.74) is 0.236. The summed E-state index contributed by atoms with van der Waals surface area (Å²) in [7, 11) is 0. The molecule has 7 heteroatoms. The van der Waals surface area contributed by atoms with E-state index in [1.54, 1.807) is 0 Å². The number of amides is 1. The lowest BCUT2D eigenvalue weighted by atomic mass is 9.87. The van der Waals surface area contributed by atoms with Gasteiger partial charge < -0.3 is 15.3 Å². The minimum Gasteiger partial charge on any atom is -0.393 e. The second-order valence-electron chi connectivity index (χ2n) is 6.46. The van der Waals surface area contributed by atoms with Crippen LogP contribution in [0.5, 0.6) is 0 Å². The van der Waals surface area contributed by atoms with Gasteiger partial charge in [-0.15, -0.1) is 0 Å². The molecular formula is C16H23ClN4O2. The van der Waals surface area contributed by atoms with Gasteiger partial charge in [-0.1, -0.05) is 18.0 Å². The molecule has 1 amide bonds. The molecule has 1 aliphatic carbocycles. The molecule has 1 saturated heterocycles. The number of aliphatic hydroxyl groups is 1. The number of halogens is 1. The zero-order valence-electron chi connectivity index (χ0n) is 13.2. The van der Waals surface area contributed by atoms with Crippen molar-refractivity contribution in [1.29, 1.82) is 0 Å². The molecule has 6 nitrogen and oxygen atoms in total. The largest absolute Gasteiger partial charge is 0.393 e. The zero-order chi connectivity index (χ0) is 16.2. The van der Waals surface area contributed by atoms with Gasteiger partial charge in [0.2, 0.25) is 5.95 Å². The van der Waals surface area contributed by atoms with Crippen LogP contribution in [0, 0.1) is 5.92 Å². The summed E-state index contributed by atoms with van der Waals surface area (Å²) in [5.74, 6) is 0.629. The first kappa shape index (κ1) is 16.5. The van der Waals surface area contributed by atoms with E-state index in [4.69, 9.17) is 11.6 Å². The molecule has 2 aliphatic rings. The minimum absolute atomic E-state index is 0.236. The number of nitrogens with one attached hydrogen (secondary N) is 1. The Morgan fingerprint density at radius 2 is 2.13 bits per heavy atom. The average Bonchev–Trinajstić information content (AvgIpc) is 3.07. The van der Waals surface area contributed by atoms with E-state index in [2.05, 4.69) is 20.2 Å². The highest BCUT2D eigenvalue weighted by atomic mass is 35.5. The quantitative estimate of drug-likeness (QED) is 0.878. The number of rotatable bonds is 4. The smallest absolute Gasteiger partial charge is 0.271 e. The molecule has 1 saturated carbocycles. The van der Waals surface area contributed by atoms with E-state index in [1.807, 2.05) is 0 Å². The molecule has 0 bridgehead atoms. The summed E-state index contributed by atoms with van der Waals surface area (Å²) in [6.45, 7) is 2.39. The Morgan fingerprint density at radius 3 is 2.87 bits per heavy atom. The maximum absolute atomic E-state index is 12.4. The Bertz CT molecular complexity index is 563. The van der Waals surface area contributed by atoms with Gasteiger partial charge >= 0.3 is 0 Å². The number of aliphatic hydroxyl groups excluding tert-OH is 1. The normalized spacial score (nSPS) is 24.7. The highest BCUT2D eigenvalue weighted by Gasteiger charge is 2.23. The van der Waals surface area contributed by atoms with Crippen LogP contribution in [0.15, 0.2) is 6.20 Å². The van der Waals surface area contributed by atoms with Crippen LogP contribution in [0.3, 0.4) is 0 Å². The number of hydrogen-bond donors (Lipinski definition) is 2. The van der Waals surface area contributed by atoms with Crippen LogP contribution in [0.25, 0.3) is 0 Å². The first-order valence-corrected chi connectivity index (χ1v) is 8.75. The van der Waals surface area contributed by atoms with Crippen molar-refractivity contribution in [1.82, 2.24) is 15.3 Å². The standard InChI is InChI=1S/C16H23ClN4O2/c17-13-10-19-16(21-6-1-2-7-21)20-14(13)15(23)18-9-11-4-3-5-12(22)8-11/h10-12,22H,1-9H2,(H,18,23). The summed E-state index contributed by atoms with van der Waals surface area (Å²) >= 11 is 6.10. The molecule has 126 valence electrons. The van der Waals surface area contributed by atoms with E-state index in [0.29, 0.717) is 18.4 Å². The predicted molar refractivity (Wildman–Crippen MR) is 88.8 cm³/mol. The van der Waals surface area contributed by atoms with Gasteiger partial charge in [-0.05, 0) is 38.0 Å². The maximum atomic E-state index is 12.4. The van der Waals surface area contributed by atoms with Crippen LogP contribution in [-0.2, 0) is 0 Å². The van der Waals surface area contributed by atoms with E-state index in [-0.39, 0.29) is 22.7 Å². The van der Waals surface area contributed by atoms with Gasteiger partial charge in [-0.25, -0.2) is 9.97 Å². The number of anilines is 1. The molecule has 2 atom stereocenters. The SMILES string of the molecule is O=C(NCC1CCCC(O)C1)c1nc(N2CCCC2)ncc1Cl.